The van der Waals surface area contributed by atoms with Crippen molar-refractivity contribution in [1.29, 1.82) is 0 Å². The summed E-state index contributed by atoms with van der Waals surface area (Å²) >= 11 is 0. The first-order valence-corrected chi connectivity index (χ1v) is 7.99. The Morgan fingerprint density at radius 2 is 1.92 bits per heavy atom. The van der Waals surface area contributed by atoms with Gasteiger partial charge < -0.3 is 14.8 Å². The molecular formula is C18H20N4O3. The fraction of sp³-hybridized carbons (Fsp3) is 0.278. The zero-order chi connectivity index (χ0) is 18.1. The van der Waals surface area contributed by atoms with Crippen molar-refractivity contribution < 1.29 is 4.92 Å². The molecule has 2 aromatic carbocycles. The predicted octanol–water partition coefficient (Wildman–Crippen LogP) is 2.57. The van der Waals surface area contributed by atoms with Gasteiger partial charge >= 0.3 is 0 Å². The summed E-state index contributed by atoms with van der Waals surface area (Å²) in [7, 11) is 5.67. The van der Waals surface area contributed by atoms with E-state index in [1.165, 1.54) is 6.07 Å². The number of likely N-dealkylation sites (N-methyl/N-ethyl adjacent to an activating group) is 1. The van der Waals surface area contributed by atoms with E-state index in [0.29, 0.717) is 34.0 Å². The number of para-hydroxylation sites is 1. The molecule has 130 valence electrons. The second-order valence-electron chi connectivity index (χ2n) is 6.25. The molecule has 0 radical (unpaired) electrons. The Morgan fingerprint density at radius 3 is 2.60 bits per heavy atom. The van der Waals surface area contributed by atoms with E-state index >= 15 is 0 Å². The quantitative estimate of drug-likeness (QED) is 0.439. The number of aryl methyl sites for hydroxylation is 1. The average molecular weight is 340 g/mol. The van der Waals surface area contributed by atoms with E-state index in [1.807, 2.05) is 25.1 Å². The minimum absolute atomic E-state index is 0.0708. The van der Waals surface area contributed by atoms with Gasteiger partial charge in [-0.05, 0) is 32.3 Å². The van der Waals surface area contributed by atoms with Gasteiger partial charge in [0.2, 0.25) is 0 Å². The number of anilines is 1. The number of aromatic nitrogens is 1. The predicted molar refractivity (Wildman–Crippen MR) is 100 cm³/mol. The molecule has 0 bridgehead atoms. The smallest absolute Gasteiger partial charge is 0.293 e. The Hall–Kier alpha value is -2.93. The summed E-state index contributed by atoms with van der Waals surface area (Å²) in [6.07, 6.45) is 0. The maximum absolute atomic E-state index is 13.0. The van der Waals surface area contributed by atoms with Crippen LogP contribution in [0.3, 0.4) is 0 Å². The van der Waals surface area contributed by atoms with Crippen molar-refractivity contribution in [2.45, 2.75) is 0 Å². The Balaban J connectivity index is 2.35. The van der Waals surface area contributed by atoms with Crippen LogP contribution < -0.4 is 10.7 Å². The minimum Gasteiger partial charge on any atom is -0.383 e. The van der Waals surface area contributed by atoms with Crippen LogP contribution in [-0.4, -0.2) is 41.6 Å². The number of pyridine rings is 1. The van der Waals surface area contributed by atoms with Gasteiger partial charge in [0.25, 0.3) is 5.69 Å². The fourth-order valence-electron chi connectivity index (χ4n) is 3.07. The third kappa shape index (κ3) is 2.94. The molecule has 0 fully saturated rings. The molecule has 3 aromatic rings. The lowest BCUT2D eigenvalue weighted by Gasteiger charge is -2.16. The van der Waals surface area contributed by atoms with Gasteiger partial charge in [-0.2, -0.15) is 0 Å². The first kappa shape index (κ1) is 16.9. The van der Waals surface area contributed by atoms with Crippen LogP contribution in [-0.2, 0) is 7.05 Å². The van der Waals surface area contributed by atoms with Crippen LogP contribution in [0.1, 0.15) is 0 Å². The lowest BCUT2D eigenvalue weighted by atomic mass is 10.1. The molecule has 0 unspecified atom stereocenters. The van der Waals surface area contributed by atoms with Gasteiger partial charge in [0, 0.05) is 37.3 Å². The first-order chi connectivity index (χ1) is 11.9. The van der Waals surface area contributed by atoms with Crippen LogP contribution in [0.2, 0.25) is 0 Å². The molecular weight excluding hydrogens is 320 g/mol. The second kappa shape index (κ2) is 6.52. The zero-order valence-corrected chi connectivity index (χ0v) is 14.4. The summed E-state index contributed by atoms with van der Waals surface area (Å²) in [5.74, 6) is 0. The number of rotatable bonds is 5. The summed E-state index contributed by atoms with van der Waals surface area (Å²) in [4.78, 5) is 26.1. The van der Waals surface area contributed by atoms with Gasteiger partial charge in [-0.3, -0.25) is 14.9 Å². The molecule has 1 heterocycles. The number of nitrogens with one attached hydrogen (secondary N) is 1. The number of hydrogen-bond donors (Lipinski definition) is 1. The third-order valence-electron chi connectivity index (χ3n) is 4.30. The highest BCUT2D eigenvalue weighted by atomic mass is 16.6. The van der Waals surface area contributed by atoms with Crippen molar-refractivity contribution in [3.63, 3.8) is 0 Å². The molecule has 0 saturated carbocycles. The molecule has 1 N–H and O–H groups in total. The molecule has 0 amide bonds. The molecule has 0 saturated heterocycles. The highest BCUT2D eigenvalue weighted by molar-refractivity contribution is 6.03. The topological polar surface area (TPSA) is 80.4 Å². The van der Waals surface area contributed by atoms with Crippen molar-refractivity contribution in [2.75, 3.05) is 32.5 Å². The van der Waals surface area contributed by atoms with E-state index in [0.717, 1.165) is 6.54 Å². The maximum Gasteiger partial charge on any atom is 0.293 e. The number of nitrogens with zero attached hydrogens (tertiary/aromatic N) is 3. The van der Waals surface area contributed by atoms with Gasteiger partial charge in [-0.15, -0.1) is 0 Å². The van der Waals surface area contributed by atoms with Crippen molar-refractivity contribution in [3.8, 4) is 0 Å². The summed E-state index contributed by atoms with van der Waals surface area (Å²) in [6.45, 7) is 1.42. The minimum atomic E-state index is -0.444. The largest absolute Gasteiger partial charge is 0.383 e. The van der Waals surface area contributed by atoms with Crippen molar-refractivity contribution in [1.82, 2.24) is 9.47 Å². The average Bonchev–Trinajstić information content (AvgIpc) is 2.58. The lowest BCUT2D eigenvalue weighted by molar-refractivity contribution is -0.383. The molecule has 1 aromatic heterocycles. The summed E-state index contributed by atoms with van der Waals surface area (Å²) in [5.41, 5.74) is 1.36. The molecule has 0 atom stereocenters. The van der Waals surface area contributed by atoms with Crippen LogP contribution in [0.15, 0.2) is 41.2 Å². The molecule has 0 spiro atoms. The summed E-state index contributed by atoms with van der Waals surface area (Å²) in [5, 5.41) is 15.6. The van der Waals surface area contributed by atoms with Crippen molar-refractivity contribution in [2.24, 2.45) is 7.05 Å². The lowest BCUT2D eigenvalue weighted by Crippen LogP contribution is -2.21. The van der Waals surface area contributed by atoms with Crippen molar-refractivity contribution in [3.05, 3.63) is 56.7 Å². The Kier molecular flexibility index (Phi) is 4.41. The SMILES string of the molecule is CN(C)CCNc1ccc([N+](=O)[O-])c2c1c(=O)c1ccccc1n2C. The van der Waals surface area contributed by atoms with E-state index in [1.54, 1.807) is 35.9 Å². The number of non-ortho nitro benzene ring substituents is 1. The highest BCUT2D eigenvalue weighted by Gasteiger charge is 2.21. The van der Waals surface area contributed by atoms with Gasteiger partial charge in [0.05, 0.1) is 15.8 Å². The number of nitro groups is 1. The second-order valence-corrected chi connectivity index (χ2v) is 6.25. The van der Waals surface area contributed by atoms with Crippen LogP contribution in [0.25, 0.3) is 21.8 Å². The van der Waals surface area contributed by atoms with E-state index in [4.69, 9.17) is 0 Å². The molecule has 7 heteroatoms. The number of fused-ring (bicyclic) bond motifs is 2. The monoisotopic (exact) mass is 340 g/mol. The third-order valence-corrected chi connectivity index (χ3v) is 4.30. The van der Waals surface area contributed by atoms with Crippen molar-refractivity contribution >= 4 is 33.2 Å². The molecule has 0 aliphatic rings. The van der Waals surface area contributed by atoms with Crippen LogP contribution in [0.4, 0.5) is 11.4 Å². The van der Waals surface area contributed by atoms with Crippen LogP contribution in [0.5, 0.6) is 0 Å². The Labute approximate surface area is 144 Å². The summed E-state index contributed by atoms with van der Waals surface area (Å²) in [6, 6.07) is 10.2. The normalized spacial score (nSPS) is 11.4. The fourth-order valence-corrected chi connectivity index (χ4v) is 3.07. The van der Waals surface area contributed by atoms with E-state index in [9.17, 15) is 14.9 Å². The van der Waals surface area contributed by atoms with Crippen LogP contribution >= 0.6 is 0 Å². The van der Waals surface area contributed by atoms with E-state index < -0.39 is 4.92 Å². The number of hydrogen-bond acceptors (Lipinski definition) is 5. The Morgan fingerprint density at radius 1 is 1.20 bits per heavy atom. The van der Waals surface area contributed by atoms with Gasteiger partial charge in [0.1, 0.15) is 5.52 Å². The first-order valence-electron chi connectivity index (χ1n) is 7.99. The van der Waals surface area contributed by atoms with Gasteiger partial charge in [0.15, 0.2) is 5.43 Å². The molecule has 25 heavy (non-hydrogen) atoms. The van der Waals surface area contributed by atoms with Crippen LogP contribution in [0, 0.1) is 10.1 Å². The number of benzene rings is 2. The number of nitro benzene ring substituents is 1. The molecule has 7 nitrogen and oxygen atoms in total. The standard InChI is InChI=1S/C18H20N4O3/c1-20(2)11-10-19-13-8-9-15(22(24)25)17-16(13)18(23)12-6-4-5-7-14(12)21(17)3/h4-9,19H,10-11H2,1-3H3. The highest BCUT2D eigenvalue weighted by Crippen LogP contribution is 2.31. The van der Waals surface area contributed by atoms with E-state index in [2.05, 4.69) is 5.32 Å². The van der Waals surface area contributed by atoms with E-state index in [-0.39, 0.29) is 11.1 Å². The van der Waals surface area contributed by atoms with Gasteiger partial charge in [-0.25, -0.2) is 0 Å². The summed E-state index contributed by atoms with van der Waals surface area (Å²) < 4.78 is 1.72. The zero-order valence-electron chi connectivity index (χ0n) is 14.4. The molecule has 3 rings (SSSR count). The Bertz CT molecular complexity index is 1020. The molecule has 0 aliphatic carbocycles. The molecule has 0 aliphatic heterocycles. The maximum atomic E-state index is 13.0. The van der Waals surface area contributed by atoms with Gasteiger partial charge in [-0.1, -0.05) is 12.1 Å².